The lowest BCUT2D eigenvalue weighted by Gasteiger charge is -2.18. The van der Waals surface area contributed by atoms with Gasteiger partial charge >= 0.3 is 12.1 Å². The number of carbonyl (C=O) groups is 2. The Kier molecular flexibility index (Phi) is 23.5. The summed E-state index contributed by atoms with van der Waals surface area (Å²) in [7, 11) is 3.96. The maximum atomic E-state index is 12.1. The fraction of sp³-hybridized carbons (Fsp3) is 0.862. The summed E-state index contributed by atoms with van der Waals surface area (Å²) in [6, 6.07) is 0. The van der Waals surface area contributed by atoms with Crippen LogP contribution in [0.4, 0.5) is 4.79 Å². The highest BCUT2D eigenvalue weighted by molar-refractivity contribution is 5.69. The van der Waals surface area contributed by atoms with Gasteiger partial charge in [0.1, 0.15) is 12.2 Å². The van der Waals surface area contributed by atoms with E-state index in [9.17, 15) is 9.59 Å². The van der Waals surface area contributed by atoms with E-state index in [1.54, 1.807) is 0 Å². The van der Waals surface area contributed by atoms with E-state index in [0.29, 0.717) is 13.0 Å². The predicted octanol–water partition coefficient (Wildman–Crippen LogP) is 7.69. The molecule has 2 radical (unpaired) electrons. The SMILES string of the molecule is [CH2]C([CH2])OC(=O)CCC(CCCCCCCCCCCCCCCC)OC(=O)OCCCN(C)C. The number of unbranched alkanes of at least 4 members (excludes halogenated alkanes) is 13. The van der Waals surface area contributed by atoms with Gasteiger partial charge in [0.15, 0.2) is 0 Å². The molecule has 0 heterocycles. The van der Waals surface area contributed by atoms with Gasteiger partial charge in [0.05, 0.1) is 6.61 Å². The second-order valence-corrected chi connectivity index (χ2v) is 10.0. The molecule has 0 aliphatic carbocycles. The molecule has 0 N–H and O–H groups in total. The first-order valence-corrected chi connectivity index (χ1v) is 14.2. The largest absolute Gasteiger partial charge is 0.508 e. The number of esters is 1. The van der Waals surface area contributed by atoms with Crippen LogP contribution >= 0.6 is 0 Å². The molecule has 6 nitrogen and oxygen atoms in total. The Balaban J connectivity index is 3.99. The van der Waals surface area contributed by atoms with Crippen LogP contribution in [0, 0.1) is 13.8 Å². The molecule has 0 amide bonds. The lowest BCUT2D eigenvalue weighted by atomic mass is 10.0. The summed E-state index contributed by atoms with van der Waals surface area (Å²) in [6.45, 7) is 10.6. The molecule has 6 heteroatoms. The highest BCUT2D eigenvalue weighted by Gasteiger charge is 2.18. The van der Waals surface area contributed by atoms with Crippen LogP contribution in [-0.4, -0.2) is 56.5 Å². The van der Waals surface area contributed by atoms with E-state index in [1.165, 1.54) is 77.0 Å². The molecular formula is C29H55NO5. The van der Waals surface area contributed by atoms with Gasteiger partial charge in [-0.1, -0.05) is 90.4 Å². The summed E-state index contributed by atoms with van der Waals surface area (Å²) in [4.78, 5) is 26.0. The van der Waals surface area contributed by atoms with Crippen molar-refractivity contribution in [2.24, 2.45) is 0 Å². The quantitative estimate of drug-likeness (QED) is 0.101. The predicted molar refractivity (Wildman–Crippen MR) is 144 cm³/mol. The summed E-state index contributed by atoms with van der Waals surface area (Å²) < 4.78 is 15.7. The lowest BCUT2D eigenvalue weighted by Crippen LogP contribution is -2.22. The Morgan fingerprint density at radius 2 is 1.23 bits per heavy atom. The Morgan fingerprint density at radius 3 is 1.71 bits per heavy atom. The first-order valence-electron chi connectivity index (χ1n) is 14.2. The molecule has 0 saturated carbocycles. The normalized spacial score (nSPS) is 12.2. The van der Waals surface area contributed by atoms with E-state index in [2.05, 4.69) is 20.8 Å². The van der Waals surface area contributed by atoms with Crippen LogP contribution in [-0.2, 0) is 19.0 Å². The molecule has 0 aromatic heterocycles. The minimum atomic E-state index is -0.653. The van der Waals surface area contributed by atoms with Gasteiger partial charge in [-0.15, -0.1) is 0 Å². The van der Waals surface area contributed by atoms with Crippen LogP contribution < -0.4 is 0 Å². The van der Waals surface area contributed by atoms with Crippen LogP contribution in [0.3, 0.4) is 0 Å². The number of ether oxygens (including phenoxy) is 3. The second-order valence-electron chi connectivity index (χ2n) is 10.0. The maximum absolute atomic E-state index is 12.1. The molecule has 0 aromatic carbocycles. The number of nitrogens with zero attached hydrogens (tertiary/aromatic N) is 1. The van der Waals surface area contributed by atoms with E-state index in [-0.39, 0.29) is 18.5 Å². The minimum Gasteiger partial charge on any atom is -0.462 e. The third-order valence-corrected chi connectivity index (χ3v) is 6.08. The Bertz CT molecular complexity index is 495. The highest BCUT2D eigenvalue weighted by Crippen LogP contribution is 2.17. The zero-order valence-electron chi connectivity index (χ0n) is 23.2. The molecule has 206 valence electrons. The topological polar surface area (TPSA) is 65.1 Å². The van der Waals surface area contributed by atoms with Crippen LogP contribution in [0.15, 0.2) is 0 Å². The first kappa shape index (κ1) is 33.7. The van der Waals surface area contributed by atoms with Crippen molar-refractivity contribution in [1.82, 2.24) is 4.90 Å². The summed E-state index contributed by atoms with van der Waals surface area (Å²) in [5.41, 5.74) is 0. The molecule has 1 unspecified atom stereocenters. The number of carbonyl (C=O) groups excluding carboxylic acids is 2. The van der Waals surface area contributed by atoms with Crippen molar-refractivity contribution in [1.29, 1.82) is 0 Å². The Hall–Kier alpha value is -1.30. The smallest absolute Gasteiger partial charge is 0.462 e. The average molecular weight is 498 g/mol. The van der Waals surface area contributed by atoms with Crippen molar-refractivity contribution in [3.8, 4) is 0 Å². The molecule has 0 aliphatic rings. The van der Waals surface area contributed by atoms with Gasteiger partial charge in [0, 0.05) is 13.0 Å². The van der Waals surface area contributed by atoms with Gasteiger partial charge in [-0.05, 0) is 53.6 Å². The maximum Gasteiger partial charge on any atom is 0.508 e. The molecule has 0 saturated heterocycles. The van der Waals surface area contributed by atoms with Crippen LogP contribution in [0.1, 0.15) is 122 Å². The van der Waals surface area contributed by atoms with Crippen molar-refractivity contribution in [2.75, 3.05) is 27.2 Å². The van der Waals surface area contributed by atoms with Gasteiger partial charge < -0.3 is 19.1 Å². The first-order chi connectivity index (χ1) is 16.8. The van der Waals surface area contributed by atoms with Crippen molar-refractivity contribution in [3.05, 3.63) is 13.8 Å². The van der Waals surface area contributed by atoms with Gasteiger partial charge in [-0.2, -0.15) is 0 Å². The van der Waals surface area contributed by atoms with Crippen LogP contribution in [0.25, 0.3) is 0 Å². The average Bonchev–Trinajstić information content (AvgIpc) is 2.79. The monoisotopic (exact) mass is 497 g/mol. The van der Waals surface area contributed by atoms with Gasteiger partial charge in [0.2, 0.25) is 0 Å². The van der Waals surface area contributed by atoms with E-state index >= 15 is 0 Å². The molecule has 0 rings (SSSR count). The van der Waals surface area contributed by atoms with Gasteiger partial charge in [0.25, 0.3) is 0 Å². The molecule has 0 aliphatic heterocycles. The molecule has 0 fully saturated rings. The molecular weight excluding hydrogens is 442 g/mol. The van der Waals surface area contributed by atoms with Crippen LogP contribution in [0.2, 0.25) is 0 Å². The molecule has 0 bridgehead atoms. The highest BCUT2D eigenvalue weighted by atomic mass is 16.7. The minimum absolute atomic E-state index is 0.179. The summed E-state index contributed by atoms with van der Waals surface area (Å²) in [5.74, 6) is -0.367. The zero-order chi connectivity index (χ0) is 26.2. The van der Waals surface area contributed by atoms with E-state index in [0.717, 1.165) is 32.2 Å². The van der Waals surface area contributed by atoms with E-state index in [1.807, 2.05) is 19.0 Å². The van der Waals surface area contributed by atoms with Crippen molar-refractivity contribution in [2.45, 2.75) is 135 Å². The van der Waals surface area contributed by atoms with Crippen molar-refractivity contribution in [3.63, 3.8) is 0 Å². The summed E-state index contributed by atoms with van der Waals surface area (Å²) in [5, 5.41) is 0. The third kappa shape index (κ3) is 25.6. The number of hydrogen-bond acceptors (Lipinski definition) is 6. The zero-order valence-corrected chi connectivity index (χ0v) is 23.2. The van der Waals surface area contributed by atoms with Crippen molar-refractivity contribution < 1.29 is 23.8 Å². The Labute approximate surface area is 216 Å². The summed E-state index contributed by atoms with van der Waals surface area (Å²) >= 11 is 0. The Morgan fingerprint density at radius 1 is 0.714 bits per heavy atom. The van der Waals surface area contributed by atoms with Crippen molar-refractivity contribution >= 4 is 12.1 Å². The molecule has 35 heavy (non-hydrogen) atoms. The van der Waals surface area contributed by atoms with E-state index < -0.39 is 12.3 Å². The third-order valence-electron chi connectivity index (χ3n) is 6.08. The fourth-order valence-corrected chi connectivity index (χ4v) is 4.06. The van der Waals surface area contributed by atoms with Gasteiger partial charge in [-0.25, -0.2) is 4.79 Å². The summed E-state index contributed by atoms with van der Waals surface area (Å²) in [6.07, 6.45) is 18.7. The number of hydrogen-bond donors (Lipinski definition) is 0. The fourth-order valence-electron chi connectivity index (χ4n) is 4.06. The van der Waals surface area contributed by atoms with Crippen LogP contribution in [0.5, 0.6) is 0 Å². The van der Waals surface area contributed by atoms with Gasteiger partial charge in [-0.3, -0.25) is 4.79 Å². The second kappa shape index (κ2) is 24.4. The molecule has 0 spiro atoms. The molecule has 1 atom stereocenters. The lowest BCUT2D eigenvalue weighted by molar-refractivity contribution is -0.146. The number of rotatable bonds is 24. The standard InChI is InChI=1S/C29H55NO5/c1-6-7-8-9-10-11-12-13-14-15-16-17-18-19-21-27(22-23-28(31)34-26(2)3)35-29(32)33-25-20-24-30(4)5/h26-27H,2-3,6-25H2,1,4-5H3. The van der Waals surface area contributed by atoms with E-state index in [4.69, 9.17) is 14.2 Å². The molecule has 0 aromatic rings.